The number of nitrogens with zero attached hydrogens (tertiary/aromatic N) is 1. The number of carbonyl (C=O) groups excluding carboxylic acids is 2. The van der Waals surface area contributed by atoms with Gasteiger partial charge in [0.05, 0.1) is 13.0 Å². The highest BCUT2D eigenvalue weighted by atomic mass is 16.5. The third-order valence-corrected chi connectivity index (χ3v) is 2.97. The van der Waals surface area contributed by atoms with Crippen molar-refractivity contribution in [1.29, 1.82) is 0 Å². The lowest BCUT2D eigenvalue weighted by molar-refractivity contribution is -0.146. The topological polar surface area (TPSA) is 55.8 Å². The number of amides is 1. The lowest BCUT2D eigenvalue weighted by Gasteiger charge is -2.25. The predicted octanol–water partition coefficient (Wildman–Crippen LogP) is 1.85. The van der Waals surface area contributed by atoms with Crippen molar-refractivity contribution < 1.29 is 19.1 Å². The summed E-state index contributed by atoms with van der Waals surface area (Å²) in [7, 11) is 3.01. The second-order valence-electron chi connectivity index (χ2n) is 4.71. The summed E-state index contributed by atoms with van der Waals surface area (Å²) in [5, 5.41) is 0. The molecule has 5 heteroatoms. The summed E-state index contributed by atoms with van der Waals surface area (Å²) in [6.45, 7) is 5.49. The van der Waals surface area contributed by atoms with Gasteiger partial charge in [0.15, 0.2) is 0 Å². The first-order chi connectivity index (χ1) is 9.06. The lowest BCUT2D eigenvalue weighted by Crippen LogP contribution is -2.38. The van der Waals surface area contributed by atoms with E-state index >= 15 is 0 Å². The maximum absolute atomic E-state index is 12.1. The standard InChI is InChI=1S/C14H27NO4/c1-5-6-8-13(16)15(9-7-10-18-3)11-12(2)14(17)19-4/h12H,5-11H2,1-4H3. The zero-order valence-electron chi connectivity index (χ0n) is 12.6. The molecule has 1 amide bonds. The Balaban J connectivity index is 4.38. The van der Waals surface area contributed by atoms with E-state index in [-0.39, 0.29) is 17.8 Å². The molecule has 0 aliphatic heterocycles. The molecule has 19 heavy (non-hydrogen) atoms. The molecule has 1 unspecified atom stereocenters. The van der Waals surface area contributed by atoms with Gasteiger partial charge in [-0.1, -0.05) is 20.3 Å². The Bertz CT molecular complexity index is 268. The molecular weight excluding hydrogens is 246 g/mol. The van der Waals surface area contributed by atoms with E-state index in [1.54, 1.807) is 18.9 Å². The molecular formula is C14H27NO4. The molecule has 0 N–H and O–H groups in total. The highest BCUT2D eigenvalue weighted by Gasteiger charge is 2.20. The molecule has 0 radical (unpaired) electrons. The minimum absolute atomic E-state index is 0.105. The number of esters is 1. The second kappa shape index (κ2) is 10.8. The number of hydrogen-bond acceptors (Lipinski definition) is 4. The Morgan fingerprint density at radius 1 is 1.21 bits per heavy atom. The number of hydrogen-bond donors (Lipinski definition) is 0. The largest absolute Gasteiger partial charge is 0.469 e. The molecule has 0 saturated carbocycles. The van der Waals surface area contributed by atoms with Gasteiger partial charge in [0.25, 0.3) is 0 Å². The van der Waals surface area contributed by atoms with Crippen LogP contribution in [0.4, 0.5) is 0 Å². The van der Waals surface area contributed by atoms with Crippen molar-refractivity contribution in [2.75, 3.05) is 33.9 Å². The van der Waals surface area contributed by atoms with Crippen LogP contribution in [-0.2, 0) is 19.1 Å². The molecule has 0 spiro atoms. The third kappa shape index (κ3) is 7.82. The predicted molar refractivity (Wildman–Crippen MR) is 73.8 cm³/mol. The van der Waals surface area contributed by atoms with Gasteiger partial charge in [-0.3, -0.25) is 9.59 Å². The Morgan fingerprint density at radius 3 is 2.42 bits per heavy atom. The number of unbranched alkanes of at least 4 members (excludes halogenated alkanes) is 1. The number of ether oxygens (including phenoxy) is 2. The van der Waals surface area contributed by atoms with Crippen LogP contribution in [0.5, 0.6) is 0 Å². The average Bonchev–Trinajstić information content (AvgIpc) is 2.42. The lowest BCUT2D eigenvalue weighted by atomic mass is 10.1. The van der Waals surface area contributed by atoms with Crippen LogP contribution < -0.4 is 0 Å². The van der Waals surface area contributed by atoms with Gasteiger partial charge in [0, 0.05) is 33.2 Å². The summed E-state index contributed by atoms with van der Waals surface area (Å²) in [5.41, 5.74) is 0. The molecule has 0 aromatic rings. The van der Waals surface area contributed by atoms with Crippen LogP contribution >= 0.6 is 0 Å². The van der Waals surface area contributed by atoms with Crippen molar-refractivity contribution in [2.45, 2.75) is 39.5 Å². The zero-order chi connectivity index (χ0) is 14.7. The van der Waals surface area contributed by atoms with Crippen LogP contribution in [-0.4, -0.2) is 50.7 Å². The maximum atomic E-state index is 12.1. The summed E-state index contributed by atoms with van der Waals surface area (Å²) >= 11 is 0. The first kappa shape index (κ1) is 17.9. The van der Waals surface area contributed by atoms with Crippen LogP contribution in [0.1, 0.15) is 39.5 Å². The first-order valence-electron chi connectivity index (χ1n) is 6.91. The summed E-state index contributed by atoms with van der Waals surface area (Å²) in [5.74, 6) is -0.466. The molecule has 0 saturated heterocycles. The number of carbonyl (C=O) groups is 2. The quantitative estimate of drug-likeness (QED) is 0.450. The van der Waals surface area contributed by atoms with Gasteiger partial charge in [-0.05, 0) is 12.8 Å². The summed E-state index contributed by atoms with van der Waals surface area (Å²) in [6.07, 6.45) is 3.19. The monoisotopic (exact) mass is 273 g/mol. The highest BCUT2D eigenvalue weighted by molar-refractivity contribution is 5.77. The van der Waals surface area contributed by atoms with Crippen molar-refractivity contribution in [2.24, 2.45) is 5.92 Å². The Hall–Kier alpha value is -1.10. The van der Waals surface area contributed by atoms with Crippen molar-refractivity contribution in [3.8, 4) is 0 Å². The van der Waals surface area contributed by atoms with Crippen molar-refractivity contribution in [3.63, 3.8) is 0 Å². The van der Waals surface area contributed by atoms with Gasteiger partial charge in [-0.25, -0.2) is 0 Å². The van der Waals surface area contributed by atoms with Gasteiger partial charge < -0.3 is 14.4 Å². The highest BCUT2D eigenvalue weighted by Crippen LogP contribution is 2.07. The van der Waals surface area contributed by atoms with E-state index in [1.165, 1.54) is 7.11 Å². The minimum Gasteiger partial charge on any atom is -0.469 e. The Morgan fingerprint density at radius 2 is 1.89 bits per heavy atom. The van der Waals surface area contributed by atoms with Crippen LogP contribution in [0.3, 0.4) is 0 Å². The Labute approximate surface area is 116 Å². The fraction of sp³-hybridized carbons (Fsp3) is 0.857. The van der Waals surface area contributed by atoms with E-state index in [9.17, 15) is 9.59 Å². The van der Waals surface area contributed by atoms with Crippen LogP contribution in [0, 0.1) is 5.92 Å². The SMILES string of the molecule is CCCCC(=O)N(CCCOC)CC(C)C(=O)OC. The van der Waals surface area contributed by atoms with Crippen molar-refractivity contribution in [1.82, 2.24) is 4.90 Å². The van der Waals surface area contributed by atoms with Gasteiger partial charge in [0.2, 0.25) is 5.91 Å². The second-order valence-corrected chi connectivity index (χ2v) is 4.71. The third-order valence-electron chi connectivity index (χ3n) is 2.97. The molecule has 0 aliphatic carbocycles. The van der Waals surface area contributed by atoms with E-state index in [0.717, 1.165) is 19.3 Å². The first-order valence-corrected chi connectivity index (χ1v) is 6.91. The van der Waals surface area contributed by atoms with Crippen molar-refractivity contribution >= 4 is 11.9 Å². The van der Waals surface area contributed by atoms with E-state index < -0.39 is 0 Å². The van der Waals surface area contributed by atoms with Crippen LogP contribution in [0.2, 0.25) is 0 Å². The Kier molecular flexibility index (Phi) is 10.2. The fourth-order valence-electron chi connectivity index (χ4n) is 1.81. The summed E-state index contributed by atoms with van der Waals surface area (Å²) in [4.78, 5) is 25.3. The molecule has 0 aliphatic rings. The van der Waals surface area contributed by atoms with Gasteiger partial charge in [0.1, 0.15) is 0 Å². The van der Waals surface area contributed by atoms with Crippen LogP contribution in [0.25, 0.3) is 0 Å². The van der Waals surface area contributed by atoms with E-state index in [2.05, 4.69) is 6.92 Å². The molecule has 0 heterocycles. The molecule has 0 fully saturated rings. The minimum atomic E-state index is -0.293. The molecule has 5 nitrogen and oxygen atoms in total. The van der Waals surface area contributed by atoms with E-state index in [1.807, 2.05) is 0 Å². The molecule has 0 aromatic heterocycles. The fourth-order valence-corrected chi connectivity index (χ4v) is 1.81. The molecule has 0 rings (SSSR count). The molecule has 112 valence electrons. The zero-order valence-corrected chi connectivity index (χ0v) is 12.6. The van der Waals surface area contributed by atoms with Crippen molar-refractivity contribution in [3.05, 3.63) is 0 Å². The van der Waals surface area contributed by atoms with Crippen LogP contribution in [0.15, 0.2) is 0 Å². The van der Waals surface area contributed by atoms with Gasteiger partial charge in [-0.15, -0.1) is 0 Å². The summed E-state index contributed by atoms with van der Waals surface area (Å²) < 4.78 is 9.69. The van der Waals surface area contributed by atoms with E-state index in [0.29, 0.717) is 26.1 Å². The molecule has 0 aromatic carbocycles. The summed E-state index contributed by atoms with van der Waals surface area (Å²) in [6, 6.07) is 0. The molecule has 0 bridgehead atoms. The normalized spacial score (nSPS) is 12.0. The maximum Gasteiger partial charge on any atom is 0.310 e. The average molecular weight is 273 g/mol. The van der Waals surface area contributed by atoms with Gasteiger partial charge >= 0.3 is 5.97 Å². The van der Waals surface area contributed by atoms with E-state index in [4.69, 9.17) is 9.47 Å². The number of methoxy groups -OCH3 is 2. The number of rotatable bonds is 10. The van der Waals surface area contributed by atoms with Gasteiger partial charge in [-0.2, -0.15) is 0 Å². The smallest absolute Gasteiger partial charge is 0.310 e. The molecule has 1 atom stereocenters.